The molecule has 124 valence electrons. The van der Waals surface area contributed by atoms with Gasteiger partial charge < -0.3 is 21.7 Å². The summed E-state index contributed by atoms with van der Waals surface area (Å²) in [5.41, 5.74) is 3.82. The number of halogens is 3. The number of hydrogen-bond acceptors (Lipinski definition) is 3. The van der Waals surface area contributed by atoms with Crippen LogP contribution in [0.1, 0.15) is 32.6 Å². The van der Waals surface area contributed by atoms with Gasteiger partial charge in [0.15, 0.2) is 0 Å². The molecule has 0 aromatic heterocycles. The van der Waals surface area contributed by atoms with Crippen molar-refractivity contribution >= 4 is 24.3 Å². The van der Waals surface area contributed by atoms with Crippen LogP contribution in [0.2, 0.25) is 0 Å². The van der Waals surface area contributed by atoms with Crippen LogP contribution in [0.15, 0.2) is 0 Å². The summed E-state index contributed by atoms with van der Waals surface area (Å²) in [4.78, 5) is 23.7. The van der Waals surface area contributed by atoms with Crippen molar-refractivity contribution in [1.29, 1.82) is 0 Å². The number of hydrogen-bond donors (Lipinski definition) is 4. The van der Waals surface area contributed by atoms with E-state index in [1.54, 1.807) is 6.92 Å². The molecule has 1 aliphatic rings. The first-order valence-corrected chi connectivity index (χ1v) is 6.77. The van der Waals surface area contributed by atoms with Crippen LogP contribution in [0.4, 0.5) is 13.6 Å². The fraction of sp³-hybridized carbons (Fsp3) is 0.833. The van der Waals surface area contributed by atoms with Crippen molar-refractivity contribution in [3.63, 3.8) is 0 Å². The molecule has 3 amide bonds. The van der Waals surface area contributed by atoms with Crippen molar-refractivity contribution in [2.45, 2.75) is 44.1 Å². The Balaban J connectivity index is 0.00000400. The number of nitrogens with one attached hydrogen (secondary N) is 3. The topological polar surface area (TPSA) is 96.2 Å². The van der Waals surface area contributed by atoms with E-state index < -0.39 is 36.5 Å². The molecule has 0 saturated heterocycles. The highest BCUT2D eigenvalue weighted by molar-refractivity contribution is 5.91. The molecule has 5 N–H and O–H groups in total. The zero-order chi connectivity index (χ0) is 15.2. The first-order chi connectivity index (χ1) is 9.35. The van der Waals surface area contributed by atoms with Crippen LogP contribution in [-0.4, -0.2) is 43.0 Å². The molecule has 21 heavy (non-hydrogen) atoms. The third-order valence-electron chi connectivity index (χ3n) is 3.39. The number of rotatable bonds is 6. The van der Waals surface area contributed by atoms with Gasteiger partial charge in [0.1, 0.15) is 5.54 Å². The van der Waals surface area contributed by atoms with Crippen molar-refractivity contribution in [3.05, 3.63) is 0 Å². The Hall–Kier alpha value is -1.15. The molecule has 6 nitrogen and oxygen atoms in total. The summed E-state index contributed by atoms with van der Waals surface area (Å²) >= 11 is 0. The third kappa shape index (κ3) is 5.62. The van der Waals surface area contributed by atoms with E-state index in [1.807, 2.05) is 0 Å². The predicted molar refractivity (Wildman–Crippen MR) is 77.7 cm³/mol. The van der Waals surface area contributed by atoms with E-state index in [4.69, 9.17) is 5.73 Å². The molecule has 0 aromatic carbocycles. The molecule has 0 spiro atoms. The van der Waals surface area contributed by atoms with Crippen molar-refractivity contribution < 1.29 is 18.4 Å². The molecule has 0 atom stereocenters. The Bertz CT molecular complexity index is 363. The summed E-state index contributed by atoms with van der Waals surface area (Å²) in [5.74, 6) is -3.71. The quantitative estimate of drug-likeness (QED) is 0.579. The van der Waals surface area contributed by atoms with Gasteiger partial charge in [-0.25, -0.2) is 13.6 Å². The van der Waals surface area contributed by atoms with Crippen molar-refractivity contribution in [2.24, 2.45) is 5.73 Å². The fourth-order valence-corrected chi connectivity index (χ4v) is 2.26. The van der Waals surface area contributed by atoms with E-state index in [2.05, 4.69) is 16.0 Å². The van der Waals surface area contributed by atoms with Gasteiger partial charge in [0.05, 0.1) is 13.1 Å². The lowest BCUT2D eigenvalue weighted by atomic mass is 9.96. The van der Waals surface area contributed by atoms with Crippen LogP contribution in [0.25, 0.3) is 0 Å². The maximum Gasteiger partial charge on any atom is 0.315 e. The maximum atomic E-state index is 13.1. The SMILES string of the molecule is CCNC(=O)NC1(C(=O)NCC(F)(F)CN)CCCC1.Cl. The molecular formula is C12H23ClF2N4O2. The van der Waals surface area contributed by atoms with E-state index in [1.165, 1.54) is 0 Å². The van der Waals surface area contributed by atoms with Gasteiger partial charge in [-0.15, -0.1) is 12.4 Å². The Kier molecular flexibility index (Phi) is 7.87. The van der Waals surface area contributed by atoms with Crippen LogP contribution in [0.5, 0.6) is 0 Å². The van der Waals surface area contributed by atoms with Gasteiger partial charge in [0.25, 0.3) is 5.92 Å². The predicted octanol–water partition coefficient (Wildman–Crippen LogP) is 0.750. The average molecular weight is 329 g/mol. The zero-order valence-electron chi connectivity index (χ0n) is 12.0. The molecule has 1 aliphatic carbocycles. The Morgan fingerprint density at radius 3 is 2.29 bits per heavy atom. The first kappa shape index (κ1) is 19.9. The van der Waals surface area contributed by atoms with Crippen LogP contribution >= 0.6 is 12.4 Å². The van der Waals surface area contributed by atoms with Crippen LogP contribution in [0, 0.1) is 0 Å². The molecule has 1 saturated carbocycles. The third-order valence-corrected chi connectivity index (χ3v) is 3.39. The van der Waals surface area contributed by atoms with E-state index in [-0.39, 0.29) is 12.4 Å². The minimum atomic E-state index is -3.14. The summed E-state index contributed by atoms with van der Waals surface area (Å²) in [6, 6.07) is -0.463. The van der Waals surface area contributed by atoms with Gasteiger partial charge in [-0.1, -0.05) is 12.8 Å². The van der Waals surface area contributed by atoms with Gasteiger partial charge in [-0.05, 0) is 19.8 Å². The zero-order valence-corrected chi connectivity index (χ0v) is 12.8. The summed E-state index contributed by atoms with van der Waals surface area (Å²) in [6.45, 7) is 0.530. The standard InChI is InChI=1S/C12H22F2N4O2.ClH/c1-2-16-10(20)18-11(5-3-4-6-11)9(19)17-8-12(13,14)7-15;/h2-8,15H2,1H3,(H,17,19)(H2,16,18,20);1H. The maximum absolute atomic E-state index is 13.1. The summed E-state index contributed by atoms with van der Waals surface area (Å²) in [6.07, 6.45) is 2.44. The number of carbonyl (C=O) groups excluding carboxylic acids is 2. The molecule has 1 fully saturated rings. The van der Waals surface area contributed by atoms with Crippen molar-refractivity contribution in [1.82, 2.24) is 16.0 Å². The van der Waals surface area contributed by atoms with Crippen molar-refractivity contribution in [3.8, 4) is 0 Å². The Labute approximate surface area is 129 Å². The summed E-state index contributed by atoms with van der Waals surface area (Å²) in [7, 11) is 0. The highest BCUT2D eigenvalue weighted by Crippen LogP contribution is 2.30. The number of urea groups is 1. The van der Waals surface area contributed by atoms with E-state index in [0.29, 0.717) is 19.4 Å². The second-order valence-corrected chi connectivity index (χ2v) is 5.02. The molecule has 0 bridgehead atoms. The van der Waals surface area contributed by atoms with Gasteiger partial charge in [0.2, 0.25) is 5.91 Å². The fourth-order valence-electron chi connectivity index (χ4n) is 2.26. The molecule has 0 radical (unpaired) electrons. The van der Waals surface area contributed by atoms with Crippen LogP contribution in [0.3, 0.4) is 0 Å². The molecule has 0 unspecified atom stereocenters. The first-order valence-electron chi connectivity index (χ1n) is 6.77. The largest absolute Gasteiger partial charge is 0.348 e. The number of alkyl halides is 2. The van der Waals surface area contributed by atoms with Gasteiger partial charge in [-0.2, -0.15) is 0 Å². The van der Waals surface area contributed by atoms with E-state index in [9.17, 15) is 18.4 Å². The molecule has 0 aromatic rings. The number of carbonyl (C=O) groups is 2. The minimum absolute atomic E-state index is 0. The second-order valence-electron chi connectivity index (χ2n) is 5.02. The molecule has 0 heterocycles. The van der Waals surface area contributed by atoms with Gasteiger partial charge in [0, 0.05) is 6.54 Å². The molecule has 1 rings (SSSR count). The molecule has 9 heteroatoms. The smallest absolute Gasteiger partial charge is 0.315 e. The van der Waals surface area contributed by atoms with E-state index in [0.717, 1.165) is 12.8 Å². The lowest BCUT2D eigenvalue weighted by Gasteiger charge is -2.29. The monoisotopic (exact) mass is 328 g/mol. The van der Waals surface area contributed by atoms with Crippen molar-refractivity contribution in [2.75, 3.05) is 19.6 Å². The summed E-state index contributed by atoms with van der Waals surface area (Å²) in [5, 5.41) is 7.34. The number of nitrogens with two attached hydrogens (primary N) is 1. The lowest BCUT2D eigenvalue weighted by molar-refractivity contribution is -0.128. The highest BCUT2D eigenvalue weighted by Gasteiger charge is 2.43. The normalized spacial score (nSPS) is 16.8. The Morgan fingerprint density at radius 1 is 1.24 bits per heavy atom. The second kappa shape index (κ2) is 8.33. The Morgan fingerprint density at radius 2 is 1.81 bits per heavy atom. The lowest BCUT2D eigenvalue weighted by Crippen LogP contribution is -2.60. The van der Waals surface area contributed by atoms with E-state index >= 15 is 0 Å². The van der Waals surface area contributed by atoms with Gasteiger partial charge >= 0.3 is 6.03 Å². The van der Waals surface area contributed by atoms with Crippen LogP contribution in [-0.2, 0) is 4.79 Å². The molecular weight excluding hydrogens is 306 g/mol. The average Bonchev–Trinajstić information content (AvgIpc) is 2.86. The van der Waals surface area contributed by atoms with Crippen LogP contribution < -0.4 is 21.7 Å². The summed E-state index contributed by atoms with van der Waals surface area (Å²) < 4.78 is 26.1. The minimum Gasteiger partial charge on any atom is -0.348 e. The molecule has 0 aliphatic heterocycles. The van der Waals surface area contributed by atoms with Gasteiger partial charge in [-0.3, -0.25) is 4.79 Å². The highest BCUT2D eigenvalue weighted by atomic mass is 35.5. The number of amides is 3.